The van der Waals surface area contributed by atoms with Crippen molar-refractivity contribution in [2.75, 3.05) is 32.6 Å². The Morgan fingerprint density at radius 1 is 1.06 bits per heavy atom. The number of nitrogens with zero attached hydrogens (tertiary/aromatic N) is 1. The number of ketones is 1. The van der Waals surface area contributed by atoms with Gasteiger partial charge in [-0.15, -0.1) is 0 Å². The van der Waals surface area contributed by atoms with Crippen molar-refractivity contribution >= 4 is 50.2 Å². The fourth-order valence-electron chi connectivity index (χ4n) is 19.9. The number of hydrogen-bond acceptors (Lipinski definition) is 16. The van der Waals surface area contributed by atoms with Crippen LogP contribution in [0.25, 0.3) is 11.0 Å². The van der Waals surface area contributed by atoms with Crippen LogP contribution >= 0.6 is 21.6 Å². The molecule has 0 radical (unpaired) electrons. The summed E-state index contributed by atoms with van der Waals surface area (Å²) in [7, 11) is 5.28. The summed E-state index contributed by atoms with van der Waals surface area (Å²) < 4.78 is 21.1. The number of aliphatic hydroxyl groups is 4. The first-order valence-electron chi connectivity index (χ1n) is 31.9. The molecule has 5 heterocycles. The summed E-state index contributed by atoms with van der Waals surface area (Å²) in [4.78, 5) is 60.9. The van der Waals surface area contributed by atoms with Crippen molar-refractivity contribution in [2.24, 2.45) is 58.5 Å². The second-order valence-electron chi connectivity index (χ2n) is 27.8. The van der Waals surface area contributed by atoms with Gasteiger partial charge in [0.25, 0.3) is 0 Å². The molecule has 1 aromatic carbocycles. The third-order valence-electron chi connectivity index (χ3n) is 23.6. The van der Waals surface area contributed by atoms with Gasteiger partial charge in [0.05, 0.1) is 49.1 Å². The molecule has 17 atom stereocenters. The highest BCUT2D eigenvalue weighted by Gasteiger charge is 2.68. The number of esters is 1. The first kappa shape index (κ1) is 58.6. The van der Waals surface area contributed by atoms with E-state index in [0.29, 0.717) is 70.9 Å². The lowest BCUT2D eigenvalue weighted by atomic mass is 9.50. The van der Waals surface area contributed by atoms with Gasteiger partial charge in [-0.25, -0.2) is 9.59 Å². The van der Waals surface area contributed by atoms with Gasteiger partial charge in [-0.1, -0.05) is 78.0 Å². The second kappa shape index (κ2) is 22.7. The van der Waals surface area contributed by atoms with Crippen molar-refractivity contribution in [1.82, 2.24) is 15.5 Å². The van der Waals surface area contributed by atoms with Crippen LogP contribution in [0.5, 0.6) is 5.75 Å². The average Bonchev–Trinajstić information content (AvgIpc) is 1.37. The van der Waals surface area contributed by atoms with Gasteiger partial charge >= 0.3 is 11.6 Å². The zero-order valence-electron chi connectivity index (χ0n) is 49.5. The standard InChI is InChI=1S/C67H88N4O11S2/c1-5-37(17-21-72)62(78)82-64(3)44(34-73)24-42-35-83-84-55-27-46-51(75)16-13-49-58(60(46)69-4)61(55)71(49)57(77)26-41-33-70-56(68)28-45(41)59(42)67(64)32-40-23-38-25-48(63(79)80-53(38)29-54(40)81-67)66-20-7-6-10-43(66)11-14-52(76)47(66)12-15-50(74)39-22-36(2)30-65(31-39)18-8-9-19-65/h5,13,16,23-25,28-29,36,39,43-44,46-47,49-50,52,55,58-61,69-70,72-74,76H,6-12,14-15,17-22,26-27,30-35,68H2,1-4H3/b37-5+/t36-,39-,43+,44-,46+,47-,49-,50-,52-,55-,58-,59+,60-,61+,64+,66-,67+/m0/s1. The van der Waals surface area contributed by atoms with Gasteiger partial charge in [0.2, 0.25) is 5.91 Å². The zero-order chi connectivity index (χ0) is 58.6. The summed E-state index contributed by atoms with van der Waals surface area (Å²) >= 11 is 0. The highest BCUT2D eigenvalue weighted by atomic mass is 33.1. The predicted octanol–water partition coefficient (Wildman–Crippen LogP) is 8.39. The minimum Gasteiger partial charge on any atom is -0.481 e. The van der Waals surface area contributed by atoms with E-state index in [9.17, 15) is 30.0 Å². The number of fused-ring (bicyclic) bond motifs is 8. The molecule has 2 aromatic rings. The number of ether oxygens (including phenoxy) is 2. The molecule has 1 aromatic heterocycles. The number of nitrogens with two attached hydrogens (primary N) is 1. The van der Waals surface area contributed by atoms with Crippen molar-refractivity contribution in [2.45, 2.75) is 195 Å². The summed E-state index contributed by atoms with van der Waals surface area (Å²) in [5.41, 5.74) is 7.38. The second-order valence-corrected chi connectivity index (χ2v) is 30.4. The molecule has 1 amide bonds. The zero-order valence-corrected chi connectivity index (χ0v) is 51.1. The van der Waals surface area contributed by atoms with Crippen molar-refractivity contribution in [1.29, 1.82) is 0 Å². The summed E-state index contributed by atoms with van der Waals surface area (Å²) in [5.74, 6) is -0.285. The molecule has 15 nitrogen and oxygen atoms in total. The van der Waals surface area contributed by atoms with E-state index in [1.54, 1.807) is 46.7 Å². The van der Waals surface area contributed by atoms with Gasteiger partial charge in [0, 0.05) is 88.8 Å². The lowest BCUT2D eigenvalue weighted by molar-refractivity contribution is -0.202. The third kappa shape index (κ3) is 9.45. The van der Waals surface area contributed by atoms with Crippen molar-refractivity contribution in [3.8, 4) is 5.75 Å². The summed E-state index contributed by atoms with van der Waals surface area (Å²) in [6.07, 6.45) is 23.7. The van der Waals surface area contributed by atoms with Gasteiger partial charge < -0.3 is 55.6 Å². The van der Waals surface area contributed by atoms with Crippen LogP contribution in [-0.2, 0) is 31.0 Å². The molecule has 5 saturated carbocycles. The summed E-state index contributed by atoms with van der Waals surface area (Å²) in [5, 5.41) is 53.7. The van der Waals surface area contributed by atoms with Gasteiger partial charge in [0.15, 0.2) is 17.0 Å². The molecule has 17 heteroatoms. The van der Waals surface area contributed by atoms with Crippen LogP contribution < -0.4 is 26.7 Å². The average molecular weight is 1190 g/mol. The summed E-state index contributed by atoms with van der Waals surface area (Å²) in [6.45, 7) is 5.48. The quantitative estimate of drug-likeness (QED) is 0.0368. The minimum atomic E-state index is -1.61. The molecule has 2 bridgehead atoms. The highest BCUT2D eigenvalue weighted by molar-refractivity contribution is 8.77. The van der Waals surface area contributed by atoms with E-state index in [2.05, 4.69) is 17.6 Å². The van der Waals surface area contributed by atoms with Crippen molar-refractivity contribution in [3.05, 3.63) is 98.2 Å². The van der Waals surface area contributed by atoms with Crippen LogP contribution in [0.4, 0.5) is 0 Å². The maximum atomic E-state index is 15.3. The SMILES string of the molecule is C/C=C(\CCO)C(=O)O[C@]1(C)[C@H](CO)C=C2CSS[C@H]3C[C@@H]4C(=O)C=C[C@H]5[C@@H]([C@H]4NC)[C@@H]3N5C(=O)CC3=C(C=C(N)NC3)[C@@H]2[C@]12Cc1cc3cc([C@@]45CCCC[C@@H]4CC[C@H](O)[C@@H]5CC[C@H](O)[C@H]4C[C@H](C)CC5(CCCC5)C4)c(=O)oc3cc1O2. The van der Waals surface area contributed by atoms with E-state index in [-0.39, 0.29) is 103 Å². The van der Waals surface area contributed by atoms with E-state index >= 15 is 9.59 Å². The maximum Gasteiger partial charge on any atom is 0.340 e. The number of hydrogen-bond donors (Lipinski definition) is 7. The van der Waals surface area contributed by atoms with Gasteiger partial charge in [-0.05, 0) is 168 Å². The monoisotopic (exact) mass is 1190 g/mol. The Bertz CT molecular complexity index is 3180. The first-order valence-corrected chi connectivity index (χ1v) is 34.3. The van der Waals surface area contributed by atoms with Gasteiger partial charge in [-0.3, -0.25) is 9.59 Å². The molecule has 454 valence electrons. The number of benzene rings is 1. The van der Waals surface area contributed by atoms with Crippen molar-refractivity contribution in [3.63, 3.8) is 0 Å². The molecule has 4 aliphatic heterocycles. The number of aliphatic hydroxyl groups excluding tert-OH is 4. The fourth-order valence-corrected chi connectivity index (χ4v) is 23.0. The van der Waals surface area contributed by atoms with E-state index in [4.69, 9.17) is 19.6 Å². The number of carbonyl (C=O) groups is 3. The molecule has 13 rings (SSSR count). The van der Waals surface area contributed by atoms with E-state index in [1.807, 2.05) is 49.2 Å². The Morgan fingerprint density at radius 2 is 1.87 bits per heavy atom. The molecule has 8 N–H and O–H groups in total. The Kier molecular flexibility index (Phi) is 15.8. The maximum absolute atomic E-state index is 15.3. The van der Waals surface area contributed by atoms with Gasteiger partial charge in [-0.2, -0.15) is 0 Å². The number of amides is 1. The molecular weight excluding hydrogens is 1100 g/mol. The lowest BCUT2D eigenvalue weighted by Crippen LogP contribution is -2.75. The van der Waals surface area contributed by atoms with Crippen LogP contribution in [-0.4, -0.2) is 122 Å². The third-order valence-corrected chi connectivity index (χ3v) is 26.4. The Hall–Kier alpha value is -4.36. The van der Waals surface area contributed by atoms with Crippen LogP contribution in [0, 0.1) is 52.8 Å². The molecule has 0 unspecified atom stereocenters. The Labute approximate surface area is 501 Å². The van der Waals surface area contributed by atoms with Crippen LogP contribution in [0.2, 0.25) is 0 Å². The smallest absolute Gasteiger partial charge is 0.340 e. The molecule has 2 spiro atoms. The van der Waals surface area contributed by atoms with Crippen LogP contribution in [0.1, 0.15) is 147 Å². The molecule has 6 fully saturated rings. The minimum absolute atomic E-state index is 0.0374. The molecule has 1 saturated heterocycles. The van der Waals surface area contributed by atoms with Crippen molar-refractivity contribution < 1.29 is 48.7 Å². The molecular formula is C67H88N4O11S2. The van der Waals surface area contributed by atoms with E-state index in [0.717, 1.165) is 67.2 Å². The number of allylic oxidation sites excluding steroid dienone is 3. The Balaban J connectivity index is 0.910. The molecule has 84 heavy (non-hydrogen) atoms. The lowest BCUT2D eigenvalue weighted by Gasteiger charge is -2.62. The highest BCUT2D eigenvalue weighted by Crippen LogP contribution is 2.62. The fraction of sp³-hybridized carbons (Fsp3) is 0.672. The Morgan fingerprint density at radius 3 is 2.64 bits per heavy atom. The molecule has 11 aliphatic rings. The predicted molar refractivity (Wildman–Crippen MR) is 325 cm³/mol. The van der Waals surface area contributed by atoms with E-state index < -0.39 is 58.9 Å². The first-order chi connectivity index (χ1) is 40.5. The summed E-state index contributed by atoms with van der Waals surface area (Å²) in [6, 6.07) is 5.45. The molecule has 7 aliphatic carbocycles. The van der Waals surface area contributed by atoms with E-state index in [1.165, 1.54) is 32.1 Å². The number of carbonyl (C=O) groups excluding carboxylic acids is 3. The van der Waals surface area contributed by atoms with Gasteiger partial charge in [0.1, 0.15) is 11.3 Å². The van der Waals surface area contributed by atoms with Crippen LogP contribution in [0.15, 0.2) is 85.9 Å². The number of nitrogens with one attached hydrogen (secondary N) is 2. The number of rotatable bonds is 11. The van der Waals surface area contributed by atoms with Crippen LogP contribution in [0.3, 0.4) is 0 Å². The normalized spacial score (nSPS) is 39.1. The topological polar surface area (TPSA) is 234 Å². The largest absolute Gasteiger partial charge is 0.481 e. The number of dihydropyridines is 1.